The molecule has 0 aromatic rings. The first-order valence-electron chi connectivity index (χ1n) is 4.10. The molecule has 0 bridgehead atoms. The number of amidine groups is 1. The van der Waals surface area contributed by atoms with Crippen LogP contribution in [0, 0.1) is 5.41 Å². The van der Waals surface area contributed by atoms with E-state index in [0.29, 0.717) is 13.2 Å². The average molecular weight is 186 g/mol. The number of ether oxygens (including phenoxy) is 1. The van der Waals surface area contributed by atoms with Gasteiger partial charge in [-0.15, -0.1) is 0 Å². The molecule has 74 valence electrons. The van der Waals surface area contributed by atoms with Gasteiger partial charge in [0.25, 0.3) is 0 Å². The zero-order chi connectivity index (χ0) is 9.84. The Hall–Kier alpha value is -1.30. The van der Waals surface area contributed by atoms with Crippen molar-refractivity contribution in [2.24, 2.45) is 11.5 Å². The third-order valence-electron chi connectivity index (χ3n) is 1.98. The first-order valence-corrected chi connectivity index (χ1v) is 4.10. The Balaban J connectivity index is 2.72. The maximum Gasteiger partial charge on any atom is 0.315 e. The van der Waals surface area contributed by atoms with Crippen molar-refractivity contribution in [3.63, 3.8) is 0 Å². The molecule has 0 aliphatic carbocycles. The number of carbonyl (C=O) groups excluding carboxylic acids is 1. The quantitative estimate of drug-likeness (QED) is 0.364. The van der Waals surface area contributed by atoms with Gasteiger partial charge in [0.05, 0.1) is 6.61 Å². The fourth-order valence-corrected chi connectivity index (χ4v) is 1.30. The summed E-state index contributed by atoms with van der Waals surface area (Å²) in [6, 6.07) is -1.05. The zero-order valence-electron chi connectivity index (χ0n) is 7.32. The van der Waals surface area contributed by atoms with E-state index in [2.05, 4.69) is 0 Å². The van der Waals surface area contributed by atoms with Gasteiger partial charge in [-0.05, 0) is 6.42 Å². The highest BCUT2D eigenvalue weighted by Gasteiger charge is 2.26. The van der Waals surface area contributed by atoms with Crippen LogP contribution in [0.5, 0.6) is 0 Å². The van der Waals surface area contributed by atoms with Gasteiger partial charge >= 0.3 is 6.03 Å². The number of nitrogens with one attached hydrogen (secondary N) is 1. The minimum Gasteiger partial charge on any atom is -0.386 e. The zero-order valence-corrected chi connectivity index (χ0v) is 7.32. The van der Waals surface area contributed by atoms with E-state index in [1.807, 2.05) is 0 Å². The molecular formula is C7H14N4O2. The second-order valence-corrected chi connectivity index (χ2v) is 2.93. The van der Waals surface area contributed by atoms with Crippen LogP contribution < -0.4 is 11.5 Å². The predicted molar refractivity (Wildman–Crippen MR) is 47.4 cm³/mol. The highest BCUT2D eigenvalue weighted by Crippen LogP contribution is 2.06. The molecule has 1 fully saturated rings. The van der Waals surface area contributed by atoms with Crippen molar-refractivity contribution in [3.8, 4) is 0 Å². The number of amides is 2. The van der Waals surface area contributed by atoms with Gasteiger partial charge in [-0.25, -0.2) is 4.79 Å². The van der Waals surface area contributed by atoms with Crippen molar-refractivity contribution in [2.45, 2.75) is 12.5 Å². The molecule has 1 atom stereocenters. The highest BCUT2D eigenvalue weighted by atomic mass is 16.5. The molecule has 1 aliphatic rings. The molecule has 1 unspecified atom stereocenters. The topological polar surface area (TPSA) is 105 Å². The fourth-order valence-electron chi connectivity index (χ4n) is 1.30. The third-order valence-corrected chi connectivity index (χ3v) is 1.98. The summed E-state index contributed by atoms with van der Waals surface area (Å²) in [5.41, 5.74) is 10.5. The second-order valence-electron chi connectivity index (χ2n) is 2.93. The van der Waals surface area contributed by atoms with Gasteiger partial charge in [-0.2, -0.15) is 0 Å². The van der Waals surface area contributed by atoms with Gasteiger partial charge in [0.1, 0.15) is 11.9 Å². The van der Waals surface area contributed by atoms with Crippen LogP contribution in [0.4, 0.5) is 4.79 Å². The standard InChI is InChI=1S/C7H14N4O2/c8-6(9)5-4-13-3-1-2-11(5)7(10)12/h5H,1-4H2,(H3,8,9)(H2,10,12). The fraction of sp³-hybridized carbons (Fsp3) is 0.714. The number of nitrogens with two attached hydrogens (primary N) is 2. The molecule has 13 heavy (non-hydrogen) atoms. The lowest BCUT2D eigenvalue weighted by Gasteiger charge is -2.26. The van der Waals surface area contributed by atoms with Crippen molar-refractivity contribution in [1.29, 1.82) is 5.41 Å². The summed E-state index contributed by atoms with van der Waals surface area (Å²) < 4.78 is 5.18. The van der Waals surface area contributed by atoms with E-state index in [9.17, 15) is 4.79 Å². The van der Waals surface area contributed by atoms with Crippen LogP contribution in [0.15, 0.2) is 0 Å². The molecule has 1 heterocycles. The smallest absolute Gasteiger partial charge is 0.315 e. The Morgan fingerprint density at radius 3 is 2.77 bits per heavy atom. The SMILES string of the molecule is N=C(N)C1COCCCN1C(N)=O. The van der Waals surface area contributed by atoms with Gasteiger partial charge in [0.15, 0.2) is 0 Å². The summed E-state index contributed by atoms with van der Waals surface area (Å²) in [6.45, 7) is 1.34. The van der Waals surface area contributed by atoms with Crippen LogP contribution in [-0.4, -0.2) is 42.6 Å². The predicted octanol–water partition coefficient (Wildman–Crippen LogP) is -0.908. The van der Waals surface area contributed by atoms with Gasteiger partial charge in [0.2, 0.25) is 0 Å². The number of carbonyl (C=O) groups is 1. The molecular weight excluding hydrogens is 172 g/mol. The molecule has 6 heteroatoms. The molecule has 0 aromatic heterocycles. The molecule has 5 N–H and O–H groups in total. The molecule has 2 amide bonds. The first-order chi connectivity index (χ1) is 6.13. The maximum atomic E-state index is 11.0. The van der Waals surface area contributed by atoms with Gasteiger partial charge in [-0.1, -0.05) is 0 Å². The molecule has 1 rings (SSSR count). The van der Waals surface area contributed by atoms with E-state index >= 15 is 0 Å². The van der Waals surface area contributed by atoms with E-state index in [0.717, 1.165) is 6.42 Å². The molecule has 0 radical (unpaired) electrons. The summed E-state index contributed by atoms with van der Waals surface area (Å²) in [7, 11) is 0. The molecule has 0 spiro atoms. The maximum absolute atomic E-state index is 11.0. The summed E-state index contributed by atoms with van der Waals surface area (Å²) in [6.07, 6.45) is 0.729. The van der Waals surface area contributed by atoms with Gasteiger partial charge < -0.3 is 21.1 Å². The largest absolute Gasteiger partial charge is 0.386 e. The Morgan fingerprint density at radius 2 is 2.23 bits per heavy atom. The Labute approximate surface area is 76.3 Å². The number of hydrogen-bond donors (Lipinski definition) is 3. The molecule has 1 saturated heterocycles. The highest BCUT2D eigenvalue weighted by molar-refractivity contribution is 5.87. The normalized spacial score (nSPS) is 23.7. The van der Waals surface area contributed by atoms with E-state index in [1.54, 1.807) is 0 Å². The lowest BCUT2D eigenvalue weighted by atomic mass is 10.2. The third kappa shape index (κ3) is 2.32. The Morgan fingerprint density at radius 1 is 1.54 bits per heavy atom. The number of urea groups is 1. The summed E-state index contributed by atoms with van der Waals surface area (Å²) in [5.74, 6) is -0.0827. The Bertz CT molecular complexity index is 197. The van der Waals surface area contributed by atoms with Crippen molar-refractivity contribution < 1.29 is 9.53 Å². The molecule has 1 aliphatic heterocycles. The number of hydrogen-bond acceptors (Lipinski definition) is 3. The number of nitrogens with zero attached hydrogens (tertiary/aromatic N) is 1. The summed E-state index contributed by atoms with van der Waals surface area (Å²) >= 11 is 0. The summed E-state index contributed by atoms with van der Waals surface area (Å²) in [4.78, 5) is 12.3. The van der Waals surface area contributed by atoms with Crippen LogP contribution in [0.1, 0.15) is 6.42 Å². The van der Waals surface area contributed by atoms with Crippen molar-refractivity contribution in [2.75, 3.05) is 19.8 Å². The first kappa shape index (κ1) is 9.79. The van der Waals surface area contributed by atoms with Crippen LogP contribution in [0.3, 0.4) is 0 Å². The molecule has 0 saturated carbocycles. The number of primary amides is 1. The van der Waals surface area contributed by atoms with E-state index in [1.165, 1.54) is 4.90 Å². The van der Waals surface area contributed by atoms with Crippen LogP contribution in [0.25, 0.3) is 0 Å². The molecule has 0 aromatic carbocycles. The van der Waals surface area contributed by atoms with E-state index < -0.39 is 12.1 Å². The lowest BCUT2D eigenvalue weighted by Crippen LogP contribution is -2.51. The number of rotatable bonds is 1. The van der Waals surface area contributed by atoms with Crippen molar-refractivity contribution in [1.82, 2.24) is 4.90 Å². The van der Waals surface area contributed by atoms with Gasteiger partial charge in [-0.3, -0.25) is 5.41 Å². The van der Waals surface area contributed by atoms with Crippen LogP contribution >= 0.6 is 0 Å². The van der Waals surface area contributed by atoms with E-state index in [-0.39, 0.29) is 12.4 Å². The van der Waals surface area contributed by atoms with Gasteiger partial charge in [0, 0.05) is 13.2 Å². The van der Waals surface area contributed by atoms with Crippen LogP contribution in [-0.2, 0) is 4.74 Å². The van der Waals surface area contributed by atoms with Crippen LogP contribution in [0.2, 0.25) is 0 Å². The van der Waals surface area contributed by atoms with E-state index in [4.69, 9.17) is 21.6 Å². The second kappa shape index (κ2) is 4.08. The average Bonchev–Trinajstić information content (AvgIpc) is 2.27. The minimum absolute atomic E-state index is 0.0827. The van der Waals surface area contributed by atoms with Crippen molar-refractivity contribution in [3.05, 3.63) is 0 Å². The monoisotopic (exact) mass is 186 g/mol. The lowest BCUT2D eigenvalue weighted by molar-refractivity contribution is 0.129. The Kier molecular flexibility index (Phi) is 3.07. The van der Waals surface area contributed by atoms with Crippen molar-refractivity contribution >= 4 is 11.9 Å². The summed E-state index contributed by atoms with van der Waals surface area (Å²) in [5, 5.41) is 7.26. The molecule has 6 nitrogen and oxygen atoms in total. The minimum atomic E-state index is -0.550.